The van der Waals surface area contributed by atoms with Crippen LogP contribution in [0.5, 0.6) is 5.88 Å². The lowest BCUT2D eigenvalue weighted by Crippen LogP contribution is -2.19. The quantitative estimate of drug-likeness (QED) is 0.832. The molecule has 0 saturated carbocycles. The number of rotatable bonds is 7. The van der Waals surface area contributed by atoms with Gasteiger partial charge in [0.2, 0.25) is 5.88 Å². The van der Waals surface area contributed by atoms with Crippen molar-refractivity contribution in [2.24, 2.45) is 0 Å². The molecule has 1 N–H and O–H groups in total. The molecule has 3 nitrogen and oxygen atoms in total. The van der Waals surface area contributed by atoms with Crippen molar-refractivity contribution in [2.45, 2.75) is 32.9 Å². The van der Waals surface area contributed by atoms with Gasteiger partial charge in [0.1, 0.15) is 6.61 Å². The van der Waals surface area contributed by atoms with Crippen LogP contribution in [0.2, 0.25) is 0 Å². The summed E-state index contributed by atoms with van der Waals surface area (Å²) in [5.41, 5.74) is 2.34. The predicted molar refractivity (Wildman–Crippen MR) is 81.7 cm³/mol. The minimum absolute atomic E-state index is 0.325. The Kier molecular flexibility index (Phi) is 5.56. The van der Waals surface area contributed by atoms with E-state index in [0.29, 0.717) is 18.5 Å². The number of pyridine rings is 1. The van der Waals surface area contributed by atoms with E-state index in [-0.39, 0.29) is 0 Å². The SMILES string of the molecule is CCCNC(C)c1ccc(OCc2ccccc2)nc1. The second-order valence-corrected chi connectivity index (χ2v) is 4.88. The minimum Gasteiger partial charge on any atom is -0.473 e. The Morgan fingerprint density at radius 3 is 2.60 bits per heavy atom. The van der Waals surface area contributed by atoms with Crippen LogP contribution in [0.3, 0.4) is 0 Å². The van der Waals surface area contributed by atoms with E-state index in [4.69, 9.17) is 4.74 Å². The Balaban J connectivity index is 1.88. The summed E-state index contributed by atoms with van der Waals surface area (Å²) in [5.74, 6) is 0.667. The Labute approximate surface area is 121 Å². The molecule has 1 unspecified atom stereocenters. The number of benzene rings is 1. The van der Waals surface area contributed by atoms with Crippen molar-refractivity contribution in [3.63, 3.8) is 0 Å². The molecule has 1 aromatic heterocycles. The zero-order chi connectivity index (χ0) is 14.2. The van der Waals surface area contributed by atoms with Crippen LogP contribution < -0.4 is 10.1 Å². The molecule has 1 heterocycles. The van der Waals surface area contributed by atoms with Gasteiger partial charge in [-0.25, -0.2) is 4.98 Å². The Morgan fingerprint density at radius 2 is 1.95 bits per heavy atom. The van der Waals surface area contributed by atoms with Gasteiger partial charge < -0.3 is 10.1 Å². The number of aromatic nitrogens is 1. The van der Waals surface area contributed by atoms with Crippen LogP contribution in [-0.2, 0) is 6.61 Å². The Morgan fingerprint density at radius 1 is 1.15 bits per heavy atom. The van der Waals surface area contributed by atoms with E-state index in [2.05, 4.69) is 30.2 Å². The first-order chi connectivity index (χ1) is 9.79. The smallest absolute Gasteiger partial charge is 0.213 e. The maximum atomic E-state index is 5.68. The first-order valence-corrected chi connectivity index (χ1v) is 7.15. The highest BCUT2D eigenvalue weighted by Gasteiger charge is 2.05. The van der Waals surface area contributed by atoms with Crippen LogP contribution in [0.1, 0.15) is 37.4 Å². The number of nitrogens with zero attached hydrogens (tertiary/aromatic N) is 1. The lowest BCUT2D eigenvalue weighted by molar-refractivity contribution is 0.293. The van der Waals surface area contributed by atoms with Crippen molar-refractivity contribution in [3.8, 4) is 5.88 Å². The lowest BCUT2D eigenvalue weighted by Gasteiger charge is -2.13. The van der Waals surface area contributed by atoms with Gasteiger partial charge in [-0.1, -0.05) is 43.3 Å². The van der Waals surface area contributed by atoms with Crippen LogP contribution >= 0.6 is 0 Å². The summed E-state index contributed by atoms with van der Waals surface area (Å²) in [5, 5.41) is 3.45. The van der Waals surface area contributed by atoms with Crippen molar-refractivity contribution in [1.29, 1.82) is 0 Å². The van der Waals surface area contributed by atoms with Gasteiger partial charge in [-0.05, 0) is 31.0 Å². The molecule has 0 radical (unpaired) electrons. The molecule has 1 aromatic carbocycles. The van der Waals surface area contributed by atoms with E-state index < -0.39 is 0 Å². The molecular weight excluding hydrogens is 248 g/mol. The van der Waals surface area contributed by atoms with E-state index in [0.717, 1.165) is 18.5 Å². The van der Waals surface area contributed by atoms with E-state index in [1.165, 1.54) is 5.56 Å². The number of hydrogen-bond acceptors (Lipinski definition) is 3. The van der Waals surface area contributed by atoms with Crippen LogP contribution in [0.25, 0.3) is 0 Å². The largest absolute Gasteiger partial charge is 0.473 e. The van der Waals surface area contributed by atoms with Crippen molar-refractivity contribution in [2.75, 3.05) is 6.54 Å². The number of hydrogen-bond donors (Lipinski definition) is 1. The number of ether oxygens (including phenoxy) is 1. The average molecular weight is 270 g/mol. The molecule has 0 saturated heterocycles. The van der Waals surface area contributed by atoms with Crippen LogP contribution in [0.4, 0.5) is 0 Å². The molecule has 0 amide bonds. The third kappa shape index (κ3) is 4.35. The van der Waals surface area contributed by atoms with Crippen LogP contribution in [0, 0.1) is 0 Å². The van der Waals surface area contributed by atoms with Crippen molar-refractivity contribution < 1.29 is 4.74 Å². The number of nitrogens with one attached hydrogen (secondary N) is 1. The summed E-state index contributed by atoms with van der Waals surface area (Å²) in [6.45, 7) is 5.89. The van der Waals surface area contributed by atoms with E-state index >= 15 is 0 Å². The van der Waals surface area contributed by atoms with E-state index in [1.807, 2.05) is 42.6 Å². The van der Waals surface area contributed by atoms with Crippen molar-refractivity contribution >= 4 is 0 Å². The van der Waals surface area contributed by atoms with E-state index in [1.54, 1.807) is 0 Å². The molecule has 106 valence electrons. The molecule has 1 atom stereocenters. The lowest BCUT2D eigenvalue weighted by atomic mass is 10.1. The summed E-state index contributed by atoms with van der Waals surface area (Å²) in [6.07, 6.45) is 3.02. The monoisotopic (exact) mass is 270 g/mol. The summed E-state index contributed by atoms with van der Waals surface area (Å²) in [4.78, 5) is 4.36. The van der Waals surface area contributed by atoms with Gasteiger partial charge in [0, 0.05) is 18.3 Å². The third-order valence-electron chi connectivity index (χ3n) is 3.19. The van der Waals surface area contributed by atoms with Gasteiger partial charge in [0.05, 0.1) is 0 Å². The highest BCUT2D eigenvalue weighted by atomic mass is 16.5. The average Bonchev–Trinajstić information content (AvgIpc) is 2.52. The normalized spacial score (nSPS) is 12.1. The molecular formula is C17H22N2O. The molecule has 3 heteroatoms. The van der Waals surface area contributed by atoms with Gasteiger partial charge in [-0.2, -0.15) is 0 Å². The zero-order valence-corrected chi connectivity index (χ0v) is 12.2. The maximum absolute atomic E-state index is 5.68. The fourth-order valence-corrected chi connectivity index (χ4v) is 1.94. The van der Waals surface area contributed by atoms with Crippen molar-refractivity contribution in [1.82, 2.24) is 10.3 Å². The molecule has 20 heavy (non-hydrogen) atoms. The topological polar surface area (TPSA) is 34.1 Å². The molecule has 0 fully saturated rings. The van der Waals surface area contributed by atoms with Crippen LogP contribution in [0.15, 0.2) is 48.7 Å². The molecule has 0 spiro atoms. The molecule has 0 aliphatic heterocycles. The van der Waals surface area contributed by atoms with Crippen molar-refractivity contribution in [3.05, 3.63) is 59.8 Å². The standard InChI is InChI=1S/C17H22N2O/c1-3-11-18-14(2)16-9-10-17(19-12-16)20-13-15-7-5-4-6-8-15/h4-10,12,14,18H,3,11,13H2,1-2H3. The first kappa shape index (κ1) is 14.5. The summed E-state index contributed by atoms with van der Waals surface area (Å²) in [7, 11) is 0. The predicted octanol–water partition coefficient (Wildman–Crippen LogP) is 3.72. The van der Waals surface area contributed by atoms with Gasteiger partial charge in [0.15, 0.2) is 0 Å². The molecule has 0 bridgehead atoms. The third-order valence-corrected chi connectivity index (χ3v) is 3.19. The fraction of sp³-hybridized carbons (Fsp3) is 0.353. The Bertz CT molecular complexity index is 496. The highest BCUT2D eigenvalue weighted by Crippen LogP contribution is 2.15. The molecule has 2 aromatic rings. The van der Waals surface area contributed by atoms with Gasteiger partial charge in [0.25, 0.3) is 0 Å². The minimum atomic E-state index is 0.325. The second-order valence-electron chi connectivity index (χ2n) is 4.88. The molecule has 0 aliphatic rings. The molecule has 2 rings (SSSR count). The Hall–Kier alpha value is -1.87. The summed E-state index contributed by atoms with van der Waals surface area (Å²) in [6, 6.07) is 14.4. The van der Waals surface area contributed by atoms with Crippen LogP contribution in [-0.4, -0.2) is 11.5 Å². The summed E-state index contributed by atoms with van der Waals surface area (Å²) >= 11 is 0. The first-order valence-electron chi connectivity index (χ1n) is 7.15. The second kappa shape index (κ2) is 7.65. The zero-order valence-electron chi connectivity index (χ0n) is 12.2. The maximum Gasteiger partial charge on any atom is 0.213 e. The van der Waals surface area contributed by atoms with Gasteiger partial charge in [-0.15, -0.1) is 0 Å². The van der Waals surface area contributed by atoms with Gasteiger partial charge >= 0.3 is 0 Å². The van der Waals surface area contributed by atoms with Gasteiger partial charge in [-0.3, -0.25) is 0 Å². The fourth-order valence-electron chi connectivity index (χ4n) is 1.94. The summed E-state index contributed by atoms with van der Waals surface area (Å²) < 4.78 is 5.68. The molecule has 0 aliphatic carbocycles. The van der Waals surface area contributed by atoms with E-state index in [9.17, 15) is 0 Å². The highest BCUT2D eigenvalue weighted by molar-refractivity contribution is 5.21.